The number of amides is 1. The summed E-state index contributed by atoms with van der Waals surface area (Å²) in [4.78, 5) is 14.8. The second kappa shape index (κ2) is 9.59. The lowest BCUT2D eigenvalue weighted by atomic mass is 9.98. The van der Waals surface area contributed by atoms with Crippen molar-refractivity contribution in [2.45, 2.75) is 18.4 Å². The molecule has 0 saturated carbocycles. The predicted octanol–water partition coefficient (Wildman–Crippen LogP) is 4.82. The van der Waals surface area contributed by atoms with Crippen molar-refractivity contribution in [3.05, 3.63) is 102 Å². The van der Waals surface area contributed by atoms with Gasteiger partial charge < -0.3 is 14.4 Å². The monoisotopic (exact) mass is 401 g/mol. The van der Waals surface area contributed by atoms with Gasteiger partial charge in [0.1, 0.15) is 18.5 Å². The van der Waals surface area contributed by atoms with Gasteiger partial charge in [-0.1, -0.05) is 72.8 Å². The van der Waals surface area contributed by atoms with Crippen LogP contribution < -0.4 is 4.74 Å². The third-order valence-electron chi connectivity index (χ3n) is 5.71. The van der Waals surface area contributed by atoms with Gasteiger partial charge in [0.2, 0.25) is 5.91 Å². The van der Waals surface area contributed by atoms with Crippen LogP contribution >= 0.6 is 0 Å². The summed E-state index contributed by atoms with van der Waals surface area (Å²) in [5.41, 5.74) is 3.35. The van der Waals surface area contributed by atoms with E-state index in [0.717, 1.165) is 36.4 Å². The largest absolute Gasteiger partial charge is 0.497 e. The first kappa shape index (κ1) is 20.2. The molecule has 1 aliphatic heterocycles. The lowest BCUT2D eigenvalue weighted by Crippen LogP contribution is -2.32. The zero-order chi connectivity index (χ0) is 20.8. The smallest absolute Gasteiger partial charge is 0.248 e. The molecule has 1 aliphatic rings. The van der Waals surface area contributed by atoms with Gasteiger partial charge in [0.25, 0.3) is 0 Å². The summed E-state index contributed by atoms with van der Waals surface area (Å²) < 4.78 is 11.4. The Hall–Kier alpha value is -3.11. The minimum Gasteiger partial charge on any atom is -0.497 e. The van der Waals surface area contributed by atoms with E-state index < -0.39 is 0 Å². The summed E-state index contributed by atoms with van der Waals surface area (Å²) in [7, 11) is 1.67. The van der Waals surface area contributed by atoms with E-state index in [9.17, 15) is 4.79 Å². The van der Waals surface area contributed by atoms with Crippen LogP contribution in [-0.2, 0) is 9.53 Å². The summed E-state index contributed by atoms with van der Waals surface area (Å²) in [5, 5.41) is 0. The molecule has 1 fully saturated rings. The first-order valence-electron chi connectivity index (χ1n) is 10.4. The zero-order valence-corrected chi connectivity index (χ0v) is 17.2. The van der Waals surface area contributed by atoms with E-state index in [1.807, 2.05) is 77.7 Å². The number of rotatable bonds is 7. The molecule has 30 heavy (non-hydrogen) atoms. The minimum absolute atomic E-state index is 0.0443. The van der Waals surface area contributed by atoms with E-state index in [1.165, 1.54) is 5.56 Å². The molecule has 0 N–H and O–H groups in total. The fourth-order valence-corrected chi connectivity index (χ4v) is 4.02. The van der Waals surface area contributed by atoms with Gasteiger partial charge in [-0.15, -0.1) is 0 Å². The molecule has 0 aliphatic carbocycles. The van der Waals surface area contributed by atoms with Crippen molar-refractivity contribution in [3.63, 3.8) is 0 Å². The van der Waals surface area contributed by atoms with E-state index in [4.69, 9.17) is 9.47 Å². The molecule has 0 radical (unpaired) electrons. The Morgan fingerprint density at radius 2 is 1.53 bits per heavy atom. The van der Waals surface area contributed by atoms with Gasteiger partial charge in [-0.05, 0) is 35.2 Å². The van der Waals surface area contributed by atoms with Crippen molar-refractivity contribution >= 4 is 5.91 Å². The quantitative estimate of drug-likeness (QED) is 0.570. The predicted molar refractivity (Wildman–Crippen MR) is 118 cm³/mol. The van der Waals surface area contributed by atoms with E-state index in [2.05, 4.69) is 12.1 Å². The molecule has 1 atom stereocenters. The van der Waals surface area contributed by atoms with E-state index in [-0.39, 0.29) is 18.6 Å². The van der Waals surface area contributed by atoms with Crippen LogP contribution in [0.2, 0.25) is 0 Å². The molecule has 0 spiro atoms. The summed E-state index contributed by atoms with van der Waals surface area (Å²) >= 11 is 0. The van der Waals surface area contributed by atoms with Crippen LogP contribution in [0.1, 0.15) is 35.1 Å². The number of benzene rings is 3. The van der Waals surface area contributed by atoms with Crippen molar-refractivity contribution in [1.29, 1.82) is 0 Å². The molecule has 1 saturated heterocycles. The summed E-state index contributed by atoms with van der Waals surface area (Å²) in [6.07, 6.45) is 0.718. The van der Waals surface area contributed by atoms with E-state index in [0.29, 0.717) is 5.92 Å². The SMILES string of the molecule is COc1ccc(C2CCN(C(=O)COC(c3ccccc3)c3ccccc3)C2)cc1. The lowest BCUT2D eigenvalue weighted by molar-refractivity contribution is -0.136. The molecule has 4 rings (SSSR count). The molecular weight excluding hydrogens is 374 g/mol. The average molecular weight is 402 g/mol. The number of ether oxygens (including phenoxy) is 2. The summed E-state index contributed by atoms with van der Waals surface area (Å²) in [6, 6.07) is 28.3. The first-order valence-corrected chi connectivity index (χ1v) is 10.4. The minimum atomic E-state index is -0.253. The second-order valence-electron chi connectivity index (χ2n) is 7.61. The topological polar surface area (TPSA) is 38.8 Å². The van der Waals surface area contributed by atoms with Crippen LogP contribution in [0.4, 0.5) is 0 Å². The number of carbonyl (C=O) groups is 1. The van der Waals surface area contributed by atoms with Crippen LogP contribution in [-0.4, -0.2) is 37.6 Å². The Bertz CT molecular complexity index is 902. The van der Waals surface area contributed by atoms with Crippen molar-refractivity contribution in [2.75, 3.05) is 26.8 Å². The van der Waals surface area contributed by atoms with Gasteiger partial charge in [-0.3, -0.25) is 4.79 Å². The van der Waals surface area contributed by atoms with Gasteiger partial charge in [0.05, 0.1) is 7.11 Å². The lowest BCUT2D eigenvalue weighted by Gasteiger charge is -2.22. The van der Waals surface area contributed by atoms with Crippen molar-refractivity contribution < 1.29 is 14.3 Å². The third-order valence-corrected chi connectivity index (χ3v) is 5.71. The molecule has 1 amide bonds. The highest BCUT2D eigenvalue weighted by Crippen LogP contribution is 2.29. The van der Waals surface area contributed by atoms with Gasteiger partial charge in [0.15, 0.2) is 0 Å². The van der Waals surface area contributed by atoms with Gasteiger partial charge >= 0.3 is 0 Å². The fourth-order valence-electron chi connectivity index (χ4n) is 4.02. The fraction of sp³-hybridized carbons (Fsp3) is 0.269. The van der Waals surface area contributed by atoms with Gasteiger partial charge in [-0.2, -0.15) is 0 Å². The summed E-state index contributed by atoms with van der Waals surface area (Å²) in [5.74, 6) is 1.26. The number of hydrogen-bond acceptors (Lipinski definition) is 3. The Morgan fingerprint density at radius 3 is 2.10 bits per heavy atom. The molecule has 0 aromatic heterocycles. The highest BCUT2D eigenvalue weighted by Gasteiger charge is 2.28. The number of hydrogen-bond donors (Lipinski definition) is 0. The van der Waals surface area contributed by atoms with Crippen molar-refractivity contribution in [2.24, 2.45) is 0 Å². The number of likely N-dealkylation sites (tertiary alicyclic amines) is 1. The van der Waals surface area contributed by atoms with Crippen LogP contribution in [0.5, 0.6) is 5.75 Å². The third kappa shape index (κ3) is 4.71. The maximum absolute atomic E-state index is 12.9. The molecule has 154 valence electrons. The van der Waals surface area contributed by atoms with Crippen LogP contribution in [0.25, 0.3) is 0 Å². The Morgan fingerprint density at radius 1 is 0.933 bits per heavy atom. The highest BCUT2D eigenvalue weighted by atomic mass is 16.5. The molecule has 1 unspecified atom stereocenters. The first-order chi connectivity index (χ1) is 14.7. The molecule has 3 aromatic rings. The van der Waals surface area contributed by atoms with Crippen LogP contribution in [0.15, 0.2) is 84.9 Å². The number of methoxy groups -OCH3 is 1. The second-order valence-corrected chi connectivity index (χ2v) is 7.61. The zero-order valence-electron chi connectivity index (χ0n) is 17.2. The molecular formula is C26H27NO3. The van der Waals surface area contributed by atoms with Crippen LogP contribution in [0, 0.1) is 0 Å². The van der Waals surface area contributed by atoms with Crippen molar-refractivity contribution in [3.8, 4) is 5.75 Å². The van der Waals surface area contributed by atoms with E-state index >= 15 is 0 Å². The molecule has 0 bridgehead atoms. The summed E-state index contributed by atoms with van der Waals surface area (Å²) in [6.45, 7) is 1.57. The Balaban J connectivity index is 1.39. The Labute approximate surface area is 178 Å². The van der Waals surface area contributed by atoms with E-state index in [1.54, 1.807) is 7.11 Å². The maximum atomic E-state index is 12.9. The normalized spacial score (nSPS) is 16.1. The molecule has 4 heteroatoms. The number of nitrogens with zero attached hydrogens (tertiary/aromatic N) is 1. The number of carbonyl (C=O) groups excluding carboxylic acids is 1. The highest BCUT2D eigenvalue weighted by molar-refractivity contribution is 5.78. The van der Waals surface area contributed by atoms with Gasteiger partial charge in [0, 0.05) is 19.0 Å². The maximum Gasteiger partial charge on any atom is 0.248 e. The van der Waals surface area contributed by atoms with Crippen LogP contribution in [0.3, 0.4) is 0 Å². The van der Waals surface area contributed by atoms with Crippen molar-refractivity contribution in [1.82, 2.24) is 4.90 Å². The standard InChI is InChI=1S/C26H27NO3/c1-29-24-14-12-20(13-15-24)23-16-17-27(18-23)25(28)19-30-26(21-8-4-2-5-9-21)22-10-6-3-7-11-22/h2-15,23,26H,16-19H2,1H3. The average Bonchev–Trinajstić information content (AvgIpc) is 3.31. The molecule has 3 aromatic carbocycles. The molecule has 1 heterocycles. The van der Waals surface area contributed by atoms with Gasteiger partial charge in [-0.25, -0.2) is 0 Å². The molecule has 4 nitrogen and oxygen atoms in total. The Kier molecular flexibility index (Phi) is 6.45.